The Morgan fingerprint density at radius 3 is 2.71 bits per heavy atom. The molecule has 0 amide bonds. The van der Waals surface area contributed by atoms with E-state index in [-0.39, 0.29) is 25.4 Å². The van der Waals surface area contributed by atoms with Crippen LogP contribution in [0.4, 0.5) is 0 Å². The topological polar surface area (TPSA) is 75.3 Å². The fourth-order valence-electron chi connectivity index (χ4n) is 1.70. The molecule has 92 valence electrons. The lowest BCUT2D eigenvalue weighted by Gasteiger charge is -2.05. The van der Waals surface area contributed by atoms with Crippen molar-refractivity contribution in [1.82, 2.24) is 9.55 Å². The molecule has 2 rings (SSSR count). The Morgan fingerprint density at radius 1 is 1.35 bits per heavy atom. The Bertz CT molecular complexity index is 524. The van der Waals surface area contributed by atoms with Gasteiger partial charge in [-0.15, -0.1) is 12.4 Å². The number of carbonyl (C=O) groups is 1. The molecule has 6 heteroatoms. The first-order valence-electron chi connectivity index (χ1n) is 4.99. The van der Waals surface area contributed by atoms with E-state index in [1.807, 2.05) is 24.3 Å². The van der Waals surface area contributed by atoms with Crippen molar-refractivity contribution < 1.29 is 15.0 Å². The van der Waals surface area contributed by atoms with Gasteiger partial charge in [-0.25, -0.2) is 4.98 Å². The highest BCUT2D eigenvalue weighted by Gasteiger charge is 2.10. The van der Waals surface area contributed by atoms with Crippen LogP contribution in [-0.2, 0) is 17.9 Å². The molecule has 0 bridgehead atoms. The Kier molecular flexibility index (Phi) is 4.48. The highest BCUT2D eigenvalue weighted by atomic mass is 35.5. The molecular formula is C11H13ClN2O3. The van der Waals surface area contributed by atoms with Crippen molar-refractivity contribution in [3.05, 3.63) is 30.1 Å². The minimum absolute atomic E-state index is 0. The fourth-order valence-corrected chi connectivity index (χ4v) is 1.70. The standard InChI is InChI=1S/C11H12N2O3.ClH/c14-7-10-12-8-3-1-2-4-9(8)13(10)6-5-11(15)16;/h1-4,14H,5-7H2,(H,15,16);1H. The van der Waals surface area contributed by atoms with Crippen LogP contribution in [0.3, 0.4) is 0 Å². The predicted molar refractivity (Wildman–Crippen MR) is 65.2 cm³/mol. The number of aromatic nitrogens is 2. The average Bonchev–Trinajstić information content (AvgIpc) is 2.64. The maximum absolute atomic E-state index is 10.5. The van der Waals surface area contributed by atoms with Crippen LogP contribution >= 0.6 is 12.4 Å². The van der Waals surface area contributed by atoms with E-state index in [2.05, 4.69) is 4.98 Å². The van der Waals surface area contributed by atoms with Gasteiger partial charge in [0.15, 0.2) is 0 Å². The molecule has 0 radical (unpaired) electrons. The molecule has 1 heterocycles. The van der Waals surface area contributed by atoms with Crippen LogP contribution in [0.25, 0.3) is 11.0 Å². The number of aliphatic carboxylic acids is 1. The lowest BCUT2D eigenvalue weighted by molar-refractivity contribution is -0.137. The Balaban J connectivity index is 0.00000144. The number of hydrogen-bond acceptors (Lipinski definition) is 3. The molecule has 0 aliphatic rings. The summed E-state index contributed by atoms with van der Waals surface area (Å²) in [7, 11) is 0. The molecule has 2 N–H and O–H groups in total. The number of hydrogen-bond donors (Lipinski definition) is 2. The van der Waals surface area contributed by atoms with Crippen molar-refractivity contribution >= 4 is 29.4 Å². The molecule has 0 saturated carbocycles. The van der Waals surface area contributed by atoms with Gasteiger partial charge in [0.05, 0.1) is 17.5 Å². The lowest BCUT2D eigenvalue weighted by atomic mass is 10.3. The van der Waals surface area contributed by atoms with E-state index in [0.717, 1.165) is 11.0 Å². The van der Waals surface area contributed by atoms with Gasteiger partial charge in [-0.2, -0.15) is 0 Å². The third kappa shape index (κ3) is 2.75. The van der Waals surface area contributed by atoms with E-state index < -0.39 is 5.97 Å². The second kappa shape index (κ2) is 5.65. The molecule has 0 aliphatic heterocycles. The molecule has 5 nitrogen and oxygen atoms in total. The van der Waals surface area contributed by atoms with Crippen LogP contribution in [0.5, 0.6) is 0 Å². The van der Waals surface area contributed by atoms with E-state index in [4.69, 9.17) is 10.2 Å². The minimum atomic E-state index is -0.860. The summed E-state index contributed by atoms with van der Waals surface area (Å²) in [5.41, 5.74) is 1.63. The number of benzene rings is 1. The summed E-state index contributed by atoms with van der Waals surface area (Å²) in [6, 6.07) is 7.43. The minimum Gasteiger partial charge on any atom is -0.481 e. The largest absolute Gasteiger partial charge is 0.481 e. The van der Waals surface area contributed by atoms with E-state index in [0.29, 0.717) is 12.4 Å². The zero-order chi connectivity index (χ0) is 11.5. The molecule has 17 heavy (non-hydrogen) atoms. The summed E-state index contributed by atoms with van der Waals surface area (Å²) in [6.07, 6.45) is 0.0212. The number of carboxylic acids is 1. The summed E-state index contributed by atoms with van der Waals surface area (Å²) in [5, 5.41) is 17.8. The van der Waals surface area contributed by atoms with Gasteiger partial charge in [-0.05, 0) is 12.1 Å². The Labute approximate surface area is 104 Å². The second-order valence-corrected chi connectivity index (χ2v) is 3.47. The van der Waals surface area contributed by atoms with Gasteiger partial charge in [-0.1, -0.05) is 12.1 Å². The molecule has 0 atom stereocenters. The zero-order valence-corrected chi connectivity index (χ0v) is 9.85. The molecule has 1 aromatic heterocycles. The molecule has 1 aromatic carbocycles. The van der Waals surface area contributed by atoms with Crippen molar-refractivity contribution in [3.63, 3.8) is 0 Å². The van der Waals surface area contributed by atoms with Gasteiger partial charge < -0.3 is 14.8 Å². The van der Waals surface area contributed by atoms with E-state index in [9.17, 15) is 4.79 Å². The highest BCUT2D eigenvalue weighted by Crippen LogP contribution is 2.16. The molecule has 0 fully saturated rings. The van der Waals surface area contributed by atoms with Gasteiger partial charge in [0.1, 0.15) is 12.4 Å². The number of aliphatic hydroxyl groups is 1. The quantitative estimate of drug-likeness (QED) is 0.868. The maximum atomic E-state index is 10.5. The number of rotatable bonds is 4. The zero-order valence-electron chi connectivity index (χ0n) is 9.04. The molecule has 2 aromatic rings. The first-order chi connectivity index (χ1) is 7.72. The predicted octanol–water partition coefficient (Wildman–Crippen LogP) is 1.43. The summed E-state index contributed by atoms with van der Waals surface area (Å²) >= 11 is 0. The monoisotopic (exact) mass is 256 g/mol. The van der Waals surface area contributed by atoms with Gasteiger partial charge in [0, 0.05) is 6.54 Å². The summed E-state index contributed by atoms with van der Waals surface area (Å²) in [6.45, 7) is 0.139. The number of fused-ring (bicyclic) bond motifs is 1. The molecular weight excluding hydrogens is 244 g/mol. The van der Waals surface area contributed by atoms with Crippen LogP contribution in [0.1, 0.15) is 12.2 Å². The number of aliphatic hydroxyl groups excluding tert-OH is 1. The van der Waals surface area contributed by atoms with Crippen LogP contribution in [-0.4, -0.2) is 25.7 Å². The number of nitrogens with zero attached hydrogens (tertiary/aromatic N) is 2. The summed E-state index contributed by atoms with van der Waals surface area (Å²) in [4.78, 5) is 14.8. The van der Waals surface area contributed by atoms with Gasteiger partial charge in [-0.3, -0.25) is 4.79 Å². The van der Waals surface area contributed by atoms with Crippen LogP contribution < -0.4 is 0 Å². The van der Waals surface area contributed by atoms with Crippen LogP contribution in [0, 0.1) is 0 Å². The molecule has 0 saturated heterocycles. The van der Waals surface area contributed by atoms with Crippen molar-refractivity contribution in [3.8, 4) is 0 Å². The van der Waals surface area contributed by atoms with Crippen LogP contribution in [0.15, 0.2) is 24.3 Å². The first kappa shape index (κ1) is 13.5. The smallest absolute Gasteiger partial charge is 0.305 e. The molecule has 0 spiro atoms. The van der Waals surface area contributed by atoms with E-state index >= 15 is 0 Å². The van der Waals surface area contributed by atoms with Crippen molar-refractivity contribution in [2.24, 2.45) is 0 Å². The van der Waals surface area contributed by atoms with Gasteiger partial charge >= 0.3 is 5.97 Å². The van der Waals surface area contributed by atoms with Crippen molar-refractivity contribution in [2.75, 3.05) is 0 Å². The summed E-state index contributed by atoms with van der Waals surface area (Å²) in [5.74, 6) is -0.357. The van der Waals surface area contributed by atoms with E-state index in [1.165, 1.54) is 0 Å². The van der Waals surface area contributed by atoms with Crippen LogP contribution in [0.2, 0.25) is 0 Å². The normalized spacial score (nSPS) is 10.2. The summed E-state index contributed by atoms with van der Waals surface area (Å²) < 4.78 is 1.74. The van der Waals surface area contributed by atoms with Gasteiger partial charge in [0.25, 0.3) is 0 Å². The lowest BCUT2D eigenvalue weighted by Crippen LogP contribution is -2.08. The van der Waals surface area contributed by atoms with Gasteiger partial charge in [0.2, 0.25) is 0 Å². The number of carboxylic acid groups (broad SMARTS) is 1. The number of imidazole rings is 1. The van der Waals surface area contributed by atoms with Crippen molar-refractivity contribution in [2.45, 2.75) is 19.6 Å². The molecule has 0 aliphatic carbocycles. The maximum Gasteiger partial charge on any atom is 0.305 e. The average molecular weight is 257 g/mol. The third-order valence-corrected chi connectivity index (χ3v) is 2.42. The number of halogens is 1. The Hall–Kier alpha value is -1.59. The number of para-hydroxylation sites is 2. The van der Waals surface area contributed by atoms with E-state index in [1.54, 1.807) is 4.57 Å². The fraction of sp³-hybridized carbons (Fsp3) is 0.273. The van der Waals surface area contributed by atoms with Crippen molar-refractivity contribution in [1.29, 1.82) is 0 Å². The Morgan fingerprint density at radius 2 is 2.06 bits per heavy atom. The first-order valence-corrected chi connectivity index (χ1v) is 4.99. The number of aryl methyl sites for hydroxylation is 1. The second-order valence-electron chi connectivity index (χ2n) is 3.47. The molecule has 0 unspecified atom stereocenters. The SMILES string of the molecule is Cl.O=C(O)CCn1c(CO)nc2ccccc21. The third-order valence-electron chi connectivity index (χ3n) is 2.42. The highest BCUT2D eigenvalue weighted by molar-refractivity contribution is 5.85.